The van der Waals surface area contributed by atoms with E-state index < -0.39 is 0 Å². The summed E-state index contributed by atoms with van der Waals surface area (Å²) in [5.74, 6) is -0.0733. The number of carbonyl (C=O) groups excluding carboxylic acids is 2. The molecule has 1 saturated heterocycles. The Morgan fingerprint density at radius 3 is 2.37 bits per heavy atom. The van der Waals surface area contributed by atoms with E-state index >= 15 is 0 Å². The maximum absolute atomic E-state index is 12.7. The molecule has 0 radical (unpaired) electrons. The Labute approximate surface area is 172 Å². The van der Waals surface area contributed by atoms with Gasteiger partial charge < -0.3 is 10.2 Å². The van der Waals surface area contributed by atoms with Gasteiger partial charge in [0.05, 0.1) is 23.8 Å². The number of nitrogens with one attached hydrogen (secondary N) is 1. The van der Waals surface area contributed by atoms with Crippen molar-refractivity contribution in [2.24, 2.45) is 0 Å². The average molecular weight is 414 g/mol. The zero-order chi connectivity index (χ0) is 19.6. The smallest absolute Gasteiger partial charge is 0.238 e. The third-order valence-corrected chi connectivity index (χ3v) is 5.23. The number of amides is 2. The molecule has 0 spiro atoms. The lowest BCUT2D eigenvalue weighted by molar-refractivity contribution is -0.133. The van der Waals surface area contributed by atoms with Crippen LogP contribution in [-0.2, 0) is 9.59 Å². The van der Waals surface area contributed by atoms with Crippen LogP contribution in [0, 0.1) is 0 Å². The summed E-state index contributed by atoms with van der Waals surface area (Å²) in [6.07, 6.45) is 6.64. The second kappa shape index (κ2) is 11.5. The van der Waals surface area contributed by atoms with Crippen molar-refractivity contribution < 1.29 is 9.59 Å². The van der Waals surface area contributed by atoms with Crippen LogP contribution >= 0.6 is 23.2 Å². The SMILES string of the molecule is CCCN(CC(=O)Nc1ccc(Cl)cc1Cl)CC(=O)N1CCCCCCC1. The van der Waals surface area contributed by atoms with Crippen molar-refractivity contribution in [3.05, 3.63) is 28.2 Å². The quantitative estimate of drug-likeness (QED) is 0.718. The van der Waals surface area contributed by atoms with E-state index in [1.807, 2.05) is 16.7 Å². The molecular weight excluding hydrogens is 385 g/mol. The first kappa shape index (κ1) is 22.0. The minimum atomic E-state index is -0.187. The Balaban J connectivity index is 1.91. The Hall–Kier alpha value is -1.30. The second-order valence-electron chi connectivity index (χ2n) is 7.03. The highest BCUT2D eigenvalue weighted by atomic mass is 35.5. The molecule has 0 atom stereocenters. The molecular formula is C20H29Cl2N3O2. The summed E-state index contributed by atoms with van der Waals surface area (Å²) in [5, 5.41) is 3.72. The average Bonchev–Trinajstić information content (AvgIpc) is 2.57. The number of nitrogens with zero attached hydrogens (tertiary/aromatic N) is 2. The van der Waals surface area contributed by atoms with Gasteiger partial charge in [0, 0.05) is 18.1 Å². The number of hydrogen-bond donors (Lipinski definition) is 1. The molecule has 0 bridgehead atoms. The van der Waals surface area contributed by atoms with Crippen LogP contribution in [0.15, 0.2) is 18.2 Å². The molecule has 2 rings (SSSR count). The number of hydrogen-bond acceptors (Lipinski definition) is 3. The van der Waals surface area contributed by atoms with E-state index in [1.165, 1.54) is 19.3 Å². The minimum absolute atomic E-state index is 0.114. The number of carbonyl (C=O) groups is 2. The molecule has 0 unspecified atom stereocenters. The van der Waals surface area contributed by atoms with E-state index in [1.54, 1.807) is 18.2 Å². The predicted octanol–water partition coefficient (Wildman–Crippen LogP) is 4.44. The first-order valence-corrected chi connectivity index (χ1v) is 10.5. The number of halogens is 2. The number of rotatable bonds is 7. The van der Waals surface area contributed by atoms with Crippen molar-refractivity contribution in [3.8, 4) is 0 Å². The van der Waals surface area contributed by atoms with Crippen molar-refractivity contribution in [1.29, 1.82) is 0 Å². The van der Waals surface area contributed by atoms with Gasteiger partial charge in [-0.3, -0.25) is 14.5 Å². The van der Waals surface area contributed by atoms with E-state index in [0.29, 0.717) is 22.3 Å². The van der Waals surface area contributed by atoms with E-state index in [-0.39, 0.29) is 24.9 Å². The van der Waals surface area contributed by atoms with Crippen LogP contribution in [0.5, 0.6) is 0 Å². The maximum Gasteiger partial charge on any atom is 0.238 e. The maximum atomic E-state index is 12.7. The van der Waals surface area contributed by atoms with Gasteiger partial charge in [-0.2, -0.15) is 0 Å². The van der Waals surface area contributed by atoms with Crippen molar-refractivity contribution in [2.75, 3.05) is 38.0 Å². The summed E-state index contributed by atoms with van der Waals surface area (Å²) in [7, 11) is 0. The Morgan fingerprint density at radius 2 is 1.74 bits per heavy atom. The van der Waals surface area contributed by atoms with Crippen molar-refractivity contribution >= 4 is 40.7 Å². The highest BCUT2D eigenvalue weighted by Crippen LogP contribution is 2.25. The predicted molar refractivity (Wildman–Crippen MR) is 111 cm³/mol. The highest BCUT2D eigenvalue weighted by molar-refractivity contribution is 6.36. The minimum Gasteiger partial charge on any atom is -0.342 e. The largest absolute Gasteiger partial charge is 0.342 e. The van der Waals surface area contributed by atoms with E-state index in [0.717, 1.165) is 32.4 Å². The Bertz CT molecular complexity index is 632. The Kier molecular flexibility index (Phi) is 9.39. The summed E-state index contributed by atoms with van der Waals surface area (Å²) < 4.78 is 0. The van der Waals surface area contributed by atoms with Crippen LogP contribution in [0.4, 0.5) is 5.69 Å². The molecule has 1 aromatic rings. The van der Waals surface area contributed by atoms with Gasteiger partial charge in [0.15, 0.2) is 0 Å². The van der Waals surface area contributed by atoms with Gasteiger partial charge >= 0.3 is 0 Å². The molecule has 2 amide bonds. The topological polar surface area (TPSA) is 52.7 Å². The molecule has 5 nitrogen and oxygen atoms in total. The lowest BCUT2D eigenvalue weighted by atomic mass is 10.1. The first-order valence-electron chi connectivity index (χ1n) is 9.74. The van der Waals surface area contributed by atoms with Crippen LogP contribution < -0.4 is 5.32 Å². The second-order valence-corrected chi connectivity index (χ2v) is 7.88. The zero-order valence-electron chi connectivity index (χ0n) is 16.0. The summed E-state index contributed by atoms with van der Waals surface area (Å²) in [4.78, 5) is 29.0. The molecule has 1 heterocycles. The normalized spacial score (nSPS) is 15.3. The Morgan fingerprint density at radius 1 is 1.07 bits per heavy atom. The van der Waals surface area contributed by atoms with Crippen LogP contribution in [0.2, 0.25) is 10.0 Å². The van der Waals surface area contributed by atoms with Gasteiger partial charge in [-0.05, 0) is 44.0 Å². The number of benzene rings is 1. The van der Waals surface area contributed by atoms with Gasteiger partial charge in [0.25, 0.3) is 0 Å². The molecule has 0 aromatic heterocycles. The van der Waals surface area contributed by atoms with Gasteiger partial charge in [0.1, 0.15) is 0 Å². The molecule has 1 aliphatic rings. The monoisotopic (exact) mass is 413 g/mol. The lowest BCUT2D eigenvalue weighted by Crippen LogP contribution is -2.44. The summed E-state index contributed by atoms with van der Waals surface area (Å²) >= 11 is 12.0. The number of anilines is 1. The molecule has 27 heavy (non-hydrogen) atoms. The third-order valence-electron chi connectivity index (χ3n) is 4.68. The van der Waals surface area contributed by atoms with Crippen molar-refractivity contribution in [1.82, 2.24) is 9.80 Å². The summed E-state index contributed by atoms with van der Waals surface area (Å²) in [5.41, 5.74) is 0.526. The fraction of sp³-hybridized carbons (Fsp3) is 0.600. The molecule has 150 valence electrons. The summed E-state index contributed by atoms with van der Waals surface area (Å²) in [6, 6.07) is 4.95. The molecule has 1 fully saturated rings. The first-order chi connectivity index (χ1) is 13.0. The van der Waals surface area contributed by atoms with Crippen LogP contribution in [0.3, 0.4) is 0 Å². The molecule has 7 heteroatoms. The summed E-state index contributed by atoms with van der Waals surface area (Å²) in [6.45, 7) is 4.82. The zero-order valence-corrected chi connectivity index (χ0v) is 17.5. The highest BCUT2D eigenvalue weighted by Gasteiger charge is 2.20. The van der Waals surface area contributed by atoms with Crippen molar-refractivity contribution in [3.63, 3.8) is 0 Å². The van der Waals surface area contributed by atoms with E-state index in [2.05, 4.69) is 5.32 Å². The fourth-order valence-electron chi connectivity index (χ4n) is 3.30. The molecule has 0 aliphatic carbocycles. The van der Waals surface area contributed by atoms with E-state index in [9.17, 15) is 9.59 Å². The van der Waals surface area contributed by atoms with Gasteiger partial charge in [-0.25, -0.2) is 0 Å². The molecule has 0 saturated carbocycles. The van der Waals surface area contributed by atoms with Crippen molar-refractivity contribution in [2.45, 2.75) is 45.4 Å². The molecule has 1 aromatic carbocycles. The third kappa shape index (κ3) is 7.68. The molecule has 1 N–H and O–H groups in total. The molecule has 1 aliphatic heterocycles. The van der Waals surface area contributed by atoms with Gasteiger partial charge in [-0.1, -0.05) is 49.4 Å². The standard InChI is InChI=1S/C20H29Cl2N3O2/c1-2-10-24(15-20(27)25-11-6-4-3-5-7-12-25)14-19(26)23-18-9-8-16(21)13-17(18)22/h8-9,13H,2-7,10-12,14-15H2,1H3,(H,23,26). The van der Waals surface area contributed by atoms with E-state index in [4.69, 9.17) is 23.2 Å². The van der Waals surface area contributed by atoms with Gasteiger partial charge in [-0.15, -0.1) is 0 Å². The van der Waals surface area contributed by atoms with Gasteiger partial charge in [0.2, 0.25) is 11.8 Å². The van der Waals surface area contributed by atoms with Crippen LogP contribution in [-0.4, -0.2) is 54.3 Å². The number of likely N-dealkylation sites (tertiary alicyclic amines) is 1. The lowest BCUT2D eigenvalue weighted by Gasteiger charge is -2.28. The fourth-order valence-corrected chi connectivity index (χ4v) is 3.76. The van der Waals surface area contributed by atoms with Crippen LogP contribution in [0.25, 0.3) is 0 Å². The van der Waals surface area contributed by atoms with Crippen LogP contribution in [0.1, 0.15) is 45.4 Å².